The predicted molar refractivity (Wildman–Crippen MR) is 87.7 cm³/mol. The minimum Gasteiger partial charge on any atom is -0.334 e. The summed E-state index contributed by atoms with van der Waals surface area (Å²) in [6.45, 7) is 3.57. The molecule has 1 saturated heterocycles. The fourth-order valence-electron chi connectivity index (χ4n) is 2.76. The SMILES string of the molecule is CSc1ccc(C(=O)N2CCCC(C)C2CN)cc1.Cl. The lowest BCUT2D eigenvalue weighted by atomic mass is 9.90. The van der Waals surface area contributed by atoms with E-state index in [0.717, 1.165) is 24.9 Å². The third-order valence-corrected chi connectivity index (χ3v) is 4.70. The molecule has 0 aromatic heterocycles. The summed E-state index contributed by atoms with van der Waals surface area (Å²) in [7, 11) is 0. The quantitative estimate of drug-likeness (QED) is 0.872. The van der Waals surface area contributed by atoms with Gasteiger partial charge < -0.3 is 10.6 Å². The minimum absolute atomic E-state index is 0. The summed E-state index contributed by atoms with van der Waals surface area (Å²) in [6.07, 6.45) is 4.27. The summed E-state index contributed by atoms with van der Waals surface area (Å²) in [6, 6.07) is 8.02. The summed E-state index contributed by atoms with van der Waals surface area (Å²) in [5.41, 5.74) is 6.62. The molecular weight excluding hydrogens is 292 g/mol. The molecule has 1 aliphatic heterocycles. The number of nitrogens with zero attached hydrogens (tertiary/aromatic N) is 1. The summed E-state index contributed by atoms with van der Waals surface area (Å²) in [5, 5.41) is 0. The van der Waals surface area contributed by atoms with Gasteiger partial charge in [-0.15, -0.1) is 24.2 Å². The Morgan fingerprint density at radius 2 is 2.05 bits per heavy atom. The van der Waals surface area contributed by atoms with E-state index in [2.05, 4.69) is 6.92 Å². The Kier molecular flexibility index (Phi) is 6.86. The van der Waals surface area contributed by atoms with Crippen molar-refractivity contribution in [3.05, 3.63) is 29.8 Å². The van der Waals surface area contributed by atoms with Gasteiger partial charge in [0.15, 0.2) is 0 Å². The lowest BCUT2D eigenvalue weighted by molar-refractivity contribution is 0.0532. The first kappa shape index (κ1) is 17.3. The second-order valence-corrected chi connectivity index (χ2v) is 6.03. The van der Waals surface area contributed by atoms with Crippen molar-refractivity contribution in [2.24, 2.45) is 11.7 Å². The first-order valence-electron chi connectivity index (χ1n) is 6.82. The molecule has 0 aliphatic carbocycles. The summed E-state index contributed by atoms with van der Waals surface area (Å²) >= 11 is 1.69. The van der Waals surface area contributed by atoms with Gasteiger partial charge in [-0.1, -0.05) is 6.92 Å². The molecule has 2 atom stereocenters. The lowest BCUT2D eigenvalue weighted by Crippen LogP contribution is -2.51. The number of likely N-dealkylation sites (tertiary alicyclic amines) is 1. The predicted octanol–water partition coefficient (Wildman–Crippen LogP) is 3.03. The Bertz CT molecular complexity index is 438. The maximum Gasteiger partial charge on any atom is 0.254 e. The molecule has 2 unspecified atom stereocenters. The highest BCUT2D eigenvalue weighted by molar-refractivity contribution is 7.98. The van der Waals surface area contributed by atoms with Crippen LogP contribution in [0.15, 0.2) is 29.2 Å². The highest BCUT2D eigenvalue weighted by Gasteiger charge is 2.31. The van der Waals surface area contributed by atoms with Crippen LogP contribution in [-0.4, -0.2) is 36.2 Å². The van der Waals surface area contributed by atoms with Crippen LogP contribution in [0.1, 0.15) is 30.1 Å². The number of amides is 1. The van der Waals surface area contributed by atoms with Crippen LogP contribution in [0, 0.1) is 5.92 Å². The molecule has 3 nitrogen and oxygen atoms in total. The Labute approximate surface area is 131 Å². The van der Waals surface area contributed by atoms with E-state index >= 15 is 0 Å². The molecule has 0 spiro atoms. The highest BCUT2D eigenvalue weighted by Crippen LogP contribution is 2.25. The zero-order chi connectivity index (χ0) is 13.8. The first-order chi connectivity index (χ1) is 9.17. The van der Waals surface area contributed by atoms with Crippen LogP contribution in [-0.2, 0) is 0 Å². The number of thioether (sulfide) groups is 1. The van der Waals surface area contributed by atoms with Crippen molar-refractivity contribution in [1.82, 2.24) is 4.90 Å². The molecule has 1 aliphatic rings. The molecule has 0 saturated carbocycles. The van der Waals surface area contributed by atoms with Gasteiger partial charge in [0, 0.05) is 29.6 Å². The van der Waals surface area contributed by atoms with Crippen LogP contribution in [0.5, 0.6) is 0 Å². The number of carbonyl (C=O) groups excluding carboxylic acids is 1. The van der Waals surface area contributed by atoms with Gasteiger partial charge >= 0.3 is 0 Å². The molecule has 2 N–H and O–H groups in total. The number of rotatable bonds is 3. The van der Waals surface area contributed by atoms with Crippen molar-refractivity contribution < 1.29 is 4.79 Å². The number of carbonyl (C=O) groups is 1. The van der Waals surface area contributed by atoms with Crippen LogP contribution in [0.3, 0.4) is 0 Å². The van der Waals surface area contributed by atoms with Crippen molar-refractivity contribution in [1.29, 1.82) is 0 Å². The van der Waals surface area contributed by atoms with Crippen molar-refractivity contribution in [2.45, 2.75) is 30.7 Å². The van der Waals surface area contributed by atoms with Gasteiger partial charge in [-0.05, 0) is 49.3 Å². The van der Waals surface area contributed by atoms with Gasteiger partial charge in [0.1, 0.15) is 0 Å². The molecule has 1 aromatic rings. The zero-order valence-corrected chi connectivity index (χ0v) is 13.7. The molecule has 0 radical (unpaired) electrons. The van der Waals surface area contributed by atoms with Gasteiger partial charge in [0.05, 0.1) is 0 Å². The van der Waals surface area contributed by atoms with Crippen molar-refractivity contribution in [2.75, 3.05) is 19.3 Å². The molecule has 0 bridgehead atoms. The molecular formula is C15H23ClN2OS. The largest absolute Gasteiger partial charge is 0.334 e. The van der Waals surface area contributed by atoms with Crippen LogP contribution < -0.4 is 5.73 Å². The Morgan fingerprint density at radius 3 is 2.60 bits per heavy atom. The van der Waals surface area contributed by atoms with Crippen LogP contribution >= 0.6 is 24.2 Å². The second kappa shape index (κ2) is 7.91. The van der Waals surface area contributed by atoms with E-state index in [-0.39, 0.29) is 24.4 Å². The van der Waals surface area contributed by atoms with Crippen LogP contribution in [0.25, 0.3) is 0 Å². The van der Waals surface area contributed by atoms with Gasteiger partial charge in [-0.25, -0.2) is 0 Å². The summed E-state index contributed by atoms with van der Waals surface area (Å²) < 4.78 is 0. The fourth-order valence-corrected chi connectivity index (χ4v) is 3.17. The van der Waals surface area contributed by atoms with E-state index in [0.29, 0.717) is 12.5 Å². The summed E-state index contributed by atoms with van der Waals surface area (Å²) in [5.74, 6) is 0.614. The van der Waals surface area contributed by atoms with Crippen molar-refractivity contribution >= 4 is 30.1 Å². The van der Waals surface area contributed by atoms with Gasteiger partial charge in [-0.3, -0.25) is 4.79 Å². The Balaban J connectivity index is 0.00000200. The van der Waals surface area contributed by atoms with E-state index in [1.165, 1.54) is 4.90 Å². The second-order valence-electron chi connectivity index (χ2n) is 5.15. The third kappa shape index (κ3) is 3.68. The van der Waals surface area contributed by atoms with Crippen molar-refractivity contribution in [3.8, 4) is 0 Å². The number of hydrogen-bond donors (Lipinski definition) is 1. The number of piperidine rings is 1. The molecule has 5 heteroatoms. The topological polar surface area (TPSA) is 46.3 Å². The molecule has 112 valence electrons. The summed E-state index contributed by atoms with van der Waals surface area (Å²) in [4.78, 5) is 15.7. The first-order valence-corrected chi connectivity index (χ1v) is 8.05. The molecule has 1 heterocycles. The van der Waals surface area contributed by atoms with Crippen LogP contribution in [0.4, 0.5) is 0 Å². The zero-order valence-electron chi connectivity index (χ0n) is 12.0. The van der Waals surface area contributed by atoms with Crippen molar-refractivity contribution in [3.63, 3.8) is 0 Å². The third-order valence-electron chi connectivity index (χ3n) is 3.95. The molecule has 1 fully saturated rings. The number of benzene rings is 1. The standard InChI is InChI=1S/C15H22N2OS.ClH/c1-11-4-3-9-17(14(11)10-16)15(18)12-5-7-13(19-2)8-6-12;/h5-8,11,14H,3-4,9-10,16H2,1-2H3;1H. The number of hydrogen-bond acceptors (Lipinski definition) is 3. The smallest absolute Gasteiger partial charge is 0.254 e. The average Bonchev–Trinajstić information content (AvgIpc) is 2.46. The maximum atomic E-state index is 12.6. The van der Waals surface area contributed by atoms with E-state index in [1.54, 1.807) is 11.8 Å². The molecule has 1 amide bonds. The van der Waals surface area contributed by atoms with E-state index in [9.17, 15) is 4.79 Å². The monoisotopic (exact) mass is 314 g/mol. The average molecular weight is 315 g/mol. The normalized spacial score (nSPS) is 22.2. The fraction of sp³-hybridized carbons (Fsp3) is 0.533. The highest BCUT2D eigenvalue weighted by atomic mass is 35.5. The van der Waals surface area contributed by atoms with Gasteiger partial charge in [-0.2, -0.15) is 0 Å². The Morgan fingerprint density at radius 1 is 1.40 bits per heavy atom. The number of nitrogens with two attached hydrogens (primary N) is 1. The van der Waals surface area contributed by atoms with Gasteiger partial charge in [0.25, 0.3) is 5.91 Å². The minimum atomic E-state index is 0. The van der Waals surface area contributed by atoms with Crippen LogP contribution in [0.2, 0.25) is 0 Å². The van der Waals surface area contributed by atoms with E-state index in [1.807, 2.05) is 35.4 Å². The van der Waals surface area contributed by atoms with E-state index in [4.69, 9.17) is 5.73 Å². The molecule has 20 heavy (non-hydrogen) atoms. The lowest BCUT2D eigenvalue weighted by Gasteiger charge is -2.39. The Hall–Kier alpha value is -0.710. The molecule has 1 aromatic carbocycles. The van der Waals surface area contributed by atoms with E-state index < -0.39 is 0 Å². The number of halogens is 1. The molecule has 2 rings (SSSR count). The maximum absolute atomic E-state index is 12.6. The van der Waals surface area contributed by atoms with Gasteiger partial charge in [0.2, 0.25) is 0 Å².